The largest absolute Gasteiger partial charge is 0.478 e. The zero-order chi connectivity index (χ0) is 21.3. The number of hydrogen-bond acceptors (Lipinski definition) is 4. The number of thiophene rings is 1. The van der Waals surface area contributed by atoms with Crippen LogP contribution in [0.25, 0.3) is 5.00 Å². The summed E-state index contributed by atoms with van der Waals surface area (Å²) in [6, 6.07) is 10.9. The molecular formula is C23H23N3O3S. The lowest BCUT2D eigenvalue weighted by atomic mass is 9.95. The number of benzene rings is 1. The first-order valence-electron chi connectivity index (χ1n) is 9.93. The van der Waals surface area contributed by atoms with E-state index in [2.05, 4.69) is 10.5 Å². The van der Waals surface area contributed by atoms with E-state index in [1.807, 2.05) is 30.5 Å². The average molecular weight is 422 g/mol. The summed E-state index contributed by atoms with van der Waals surface area (Å²) in [5, 5.41) is 14.8. The highest BCUT2D eigenvalue weighted by Gasteiger charge is 2.27. The van der Waals surface area contributed by atoms with Crippen molar-refractivity contribution in [2.75, 3.05) is 0 Å². The maximum Gasteiger partial charge on any atom is 0.339 e. The second kappa shape index (κ2) is 8.28. The lowest BCUT2D eigenvalue weighted by molar-refractivity contribution is 0.0695. The third-order valence-electron chi connectivity index (χ3n) is 5.45. The van der Waals surface area contributed by atoms with Gasteiger partial charge in [0.05, 0.1) is 11.8 Å². The molecule has 30 heavy (non-hydrogen) atoms. The smallest absolute Gasteiger partial charge is 0.339 e. The standard InChI is InChI=1S/C23H23N3O3S/c1-14-12-17(13-24-25-21(27)16-8-4-3-5-9-16)15(2)26(14)22-20(23(28)29)18-10-6-7-11-19(18)30-22/h3-5,8-9,12-13H,6-7,10-11H2,1-2H3,(H,25,27)(H,28,29)/b24-13-. The van der Waals surface area contributed by atoms with Gasteiger partial charge in [0, 0.05) is 27.4 Å². The fourth-order valence-electron chi connectivity index (χ4n) is 3.97. The molecule has 0 fully saturated rings. The van der Waals surface area contributed by atoms with E-state index >= 15 is 0 Å². The minimum atomic E-state index is -0.873. The van der Waals surface area contributed by atoms with Crippen molar-refractivity contribution < 1.29 is 14.7 Å². The lowest BCUT2D eigenvalue weighted by Gasteiger charge is -2.11. The van der Waals surface area contributed by atoms with E-state index in [0.717, 1.165) is 53.2 Å². The molecular weight excluding hydrogens is 398 g/mol. The first kappa shape index (κ1) is 20.1. The molecule has 0 bridgehead atoms. The Kier molecular flexibility index (Phi) is 5.55. The van der Waals surface area contributed by atoms with Gasteiger partial charge in [0.25, 0.3) is 5.91 Å². The number of carboxylic acids is 1. The molecule has 0 unspecified atom stereocenters. The molecule has 0 saturated carbocycles. The van der Waals surface area contributed by atoms with Crippen LogP contribution in [-0.4, -0.2) is 27.8 Å². The van der Waals surface area contributed by atoms with Gasteiger partial charge in [-0.2, -0.15) is 5.10 Å². The van der Waals surface area contributed by atoms with Crippen molar-refractivity contribution in [1.82, 2.24) is 9.99 Å². The molecule has 154 valence electrons. The molecule has 2 heterocycles. The quantitative estimate of drug-likeness (QED) is 0.470. The first-order valence-corrected chi connectivity index (χ1v) is 10.7. The minimum Gasteiger partial charge on any atom is -0.478 e. The molecule has 6 nitrogen and oxygen atoms in total. The number of nitrogens with zero attached hydrogens (tertiary/aromatic N) is 2. The topological polar surface area (TPSA) is 83.7 Å². The van der Waals surface area contributed by atoms with Crippen LogP contribution in [0.1, 0.15) is 60.9 Å². The predicted molar refractivity (Wildman–Crippen MR) is 118 cm³/mol. The van der Waals surface area contributed by atoms with Gasteiger partial charge >= 0.3 is 5.97 Å². The number of aryl methyl sites for hydroxylation is 2. The van der Waals surface area contributed by atoms with Crippen molar-refractivity contribution in [3.8, 4) is 5.00 Å². The normalized spacial score (nSPS) is 13.4. The summed E-state index contributed by atoms with van der Waals surface area (Å²) >= 11 is 1.58. The molecule has 0 spiro atoms. The average Bonchev–Trinajstić information content (AvgIpc) is 3.25. The Morgan fingerprint density at radius 2 is 1.90 bits per heavy atom. The number of aromatic nitrogens is 1. The lowest BCUT2D eigenvalue weighted by Crippen LogP contribution is -2.17. The van der Waals surface area contributed by atoms with Crippen LogP contribution in [-0.2, 0) is 12.8 Å². The van der Waals surface area contributed by atoms with Gasteiger partial charge in [-0.15, -0.1) is 11.3 Å². The number of rotatable bonds is 5. The number of carboxylic acid groups (broad SMARTS) is 1. The molecule has 2 aromatic heterocycles. The van der Waals surface area contributed by atoms with Gasteiger partial charge in [0.15, 0.2) is 0 Å². The minimum absolute atomic E-state index is 0.278. The Morgan fingerprint density at radius 1 is 1.17 bits per heavy atom. The highest BCUT2D eigenvalue weighted by Crippen LogP contribution is 2.38. The molecule has 7 heteroatoms. The van der Waals surface area contributed by atoms with Crippen molar-refractivity contribution in [1.29, 1.82) is 0 Å². The van der Waals surface area contributed by atoms with Crippen molar-refractivity contribution in [2.45, 2.75) is 39.5 Å². The maximum atomic E-state index is 12.2. The van der Waals surface area contributed by atoms with E-state index in [-0.39, 0.29) is 5.91 Å². The van der Waals surface area contributed by atoms with Gasteiger partial charge in [-0.05, 0) is 63.3 Å². The molecule has 0 radical (unpaired) electrons. The summed E-state index contributed by atoms with van der Waals surface area (Å²) < 4.78 is 1.99. The summed E-state index contributed by atoms with van der Waals surface area (Å²) in [6.45, 7) is 3.90. The van der Waals surface area contributed by atoms with Crippen LogP contribution in [0.5, 0.6) is 0 Å². The summed E-state index contributed by atoms with van der Waals surface area (Å²) in [6.07, 6.45) is 5.51. The van der Waals surface area contributed by atoms with Crippen LogP contribution in [0.2, 0.25) is 0 Å². The highest BCUT2D eigenvalue weighted by molar-refractivity contribution is 7.15. The fraction of sp³-hybridized carbons (Fsp3) is 0.261. The SMILES string of the molecule is Cc1cc(/C=N\NC(=O)c2ccccc2)c(C)n1-c1sc2c(c1C(=O)O)CCCC2. The number of carbonyl (C=O) groups is 2. The van der Waals surface area contributed by atoms with Crippen molar-refractivity contribution in [3.05, 3.63) is 74.9 Å². The molecule has 3 aromatic rings. The monoisotopic (exact) mass is 421 g/mol. The molecule has 0 atom stereocenters. The number of amides is 1. The third-order valence-corrected chi connectivity index (χ3v) is 6.72. The highest BCUT2D eigenvalue weighted by atomic mass is 32.1. The summed E-state index contributed by atoms with van der Waals surface area (Å²) in [5.74, 6) is -1.15. The van der Waals surface area contributed by atoms with Crippen LogP contribution in [0.4, 0.5) is 0 Å². The molecule has 4 rings (SSSR count). The second-order valence-electron chi connectivity index (χ2n) is 7.42. The van der Waals surface area contributed by atoms with Gasteiger partial charge in [0.1, 0.15) is 5.00 Å². The molecule has 1 aliphatic rings. The van der Waals surface area contributed by atoms with Crippen LogP contribution in [0.3, 0.4) is 0 Å². The third kappa shape index (κ3) is 3.68. The number of fused-ring (bicyclic) bond motifs is 1. The number of aromatic carboxylic acids is 1. The summed E-state index contributed by atoms with van der Waals surface area (Å²) in [4.78, 5) is 25.4. The molecule has 0 saturated heterocycles. The van der Waals surface area contributed by atoms with E-state index in [9.17, 15) is 14.7 Å². The van der Waals surface area contributed by atoms with E-state index in [1.165, 1.54) is 4.88 Å². The number of hydrogen-bond donors (Lipinski definition) is 2. The Hall–Kier alpha value is -3.19. The Balaban J connectivity index is 1.64. The summed E-state index contributed by atoms with van der Waals surface area (Å²) in [7, 11) is 0. The van der Waals surface area contributed by atoms with E-state index in [0.29, 0.717) is 11.1 Å². The van der Waals surface area contributed by atoms with Crippen LogP contribution < -0.4 is 5.43 Å². The van der Waals surface area contributed by atoms with Crippen LogP contribution in [0.15, 0.2) is 41.5 Å². The molecule has 2 N–H and O–H groups in total. The van der Waals surface area contributed by atoms with Crippen molar-refractivity contribution >= 4 is 29.4 Å². The van der Waals surface area contributed by atoms with E-state index in [4.69, 9.17) is 0 Å². The number of nitrogens with one attached hydrogen (secondary N) is 1. The van der Waals surface area contributed by atoms with Gasteiger partial charge in [-0.1, -0.05) is 18.2 Å². The zero-order valence-electron chi connectivity index (χ0n) is 16.9. The van der Waals surface area contributed by atoms with Gasteiger partial charge in [-0.3, -0.25) is 4.79 Å². The maximum absolute atomic E-state index is 12.2. The molecule has 1 amide bonds. The first-order chi connectivity index (χ1) is 14.5. The van der Waals surface area contributed by atoms with E-state index < -0.39 is 5.97 Å². The number of hydrazone groups is 1. The Bertz CT molecular complexity index is 1140. The predicted octanol–water partition coefficient (Wildman–Crippen LogP) is 4.50. The van der Waals surface area contributed by atoms with Gasteiger partial charge in [-0.25, -0.2) is 10.2 Å². The zero-order valence-corrected chi connectivity index (χ0v) is 17.8. The number of carbonyl (C=O) groups excluding carboxylic acids is 1. The molecule has 1 aliphatic carbocycles. The second-order valence-corrected chi connectivity index (χ2v) is 8.51. The molecule has 0 aliphatic heterocycles. The van der Waals surface area contributed by atoms with Gasteiger partial charge in [0.2, 0.25) is 0 Å². The van der Waals surface area contributed by atoms with Gasteiger partial charge < -0.3 is 9.67 Å². The Labute approximate surface area is 178 Å². The van der Waals surface area contributed by atoms with Crippen LogP contribution >= 0.6 is 11.3 Å². The van der Waals surface area contributed by atoms with E-state index in [1.54, 1.807) is 41.8 Å². The van der Waals surface area contributed by atoms with Crippen molar-refractivity contribution in [3.63, 3.8) is 0 Å². The summed E-state index contributed by atoms with van der Waals surface area (Å²) in [5.41, 5.74) is 7.17. The Morgan fingerprint density at radius 3 is 2.63 bits per heavy atom. The fourth-order valence-corrected chi connectivity index (χ4v) is 5.47. The van der Waals surface area contributed by atoms with Crippen LogP contribution in [0, 0.1) is 13.8 Å². The van der Waals surface area contributed by atoms with Crippen molar-refractivity contribution in [2.24, 2.45) is 5.10 Å². The molecule has 1 aromatic carbocycles.